The largest absolute Gasteiger partial charge is 0.487 e. The molecule has 0 radical (unpaired) electrons. The Morgan fingerprint density at radius 1 is 1.26 bits per heavy atom. The van der Waals surface area contributed by atoms with Crippen molar-refractivity contribution in [2.75, 3.05) is 11.3 Å². The minimum Gasteiger partial charge on any atom is -0.487 e. The molecule has 2 N–H and O–H groups in total. The van der Waals surface area contributed by atoms with Crippen LogP contribution in [-0.4, -0.2) is 20.0 Å². The summed E-state index contributed by atoms with van der Waals surface area (Å²) in [6.45, 7) is -0.127. The quantitative estimate of drug-likeness (QED) is 0.752. The smallest absolute Gasteiger partial charge is 0.273 e. The van der Waals surface area contributed by atoms with E-state index in [4.69, 9.17) is 16.3 Å². The summed E-state index contributed by atoms with van der Waals surface area (Å²) in [4.78, 5) is 14.2. The number of ether oxygens (including phenoxy) is 1. The molecular formula is C14H10BrClN2O4S. The first kappa shape index (κ1) is 16.1. The van der Waals surface area contributed by atoms with E-state index in [9.17, 15) is 13.2 Å². The molecular weight excluding hydrogens is 408 g/mol. The van der Waals surface area contributed by atoms with Gasteiger partial charge < -0.3 is 9.72 Å². The molecule has 0 amide bonds. The summed E-state index contributed by atoms with van der Waals surface area (Å²) in [7, 11) is -3.92. The first-order chi connectivity index (χ1) is 10.8. The van der Waals surface area contributed by atoms with Gasteiger partial charge in [0.05, 0.1) is 4.60 Å². The second-order valence-corrected chi connectivity index (χ2v) is 7.76. The Bertz CT molecular complexity index is 969. The highest BCUT2D eigenvalue weighted by atomic mass is 79.9. The van der Waals surface area contributed by atoms with Gasteiger partial charge in [-0.3, -0.25) is 9.52 Å². The van der Waals surface area contributed by atoms with Crippen molar-refractivity contribution in [2.24, 2.45) is 0 Å². The molecule has 9 heteroatoms. The van der Waals surface area contributed by atoms with Gasteiger partial charge in [0.25, 0.3) is 15.6 Å². The number of aromatic amines is 1. The van der Waals surface area contributed by atoms with Crippen molar-refractivity contribution in [3.63, 3.8) is 0 Å². The molecule has 2 aromatic rings. The Balaban J connectivity index is 1.96. The number of hydrogen-bond donors (Lipinski definition) is 2. The van der Waals surface area contributed by atoms with Gasteiger partial charge in [0, 0.05) is 10.6 Å². The molecule has 2 heterocycles. The molecule has 6 nitrogen and oxygen atoms in total. The van der Waals surface area contributed by atoms with Gasteiger partial charge in [0.1, 0.15) is 22.9 Å². The van der Waals surface area contributed by atoms with Crippen LogP contribution >= 0.6 is 27.5 Å². The SMILES string of the molecule is O=c1[nH]c(Br)ccc1NS(=O)(=O)C1=Cc2cc(Cl)ccc2OC1. The standard InChI is InChI=1S/C14H10BrClN2O4S/c15-13-4-2-11(14(19)17-13)18-23(20,21)10-6-8-5-9(16)1-3-12(8)22-7-10/h1-6,18H,7H2,(H,17,19). The minimum absolute atomic E-state index is 0.00888. The maximum atomic E-state index is 12.4. The lowest BCUT2D eigenvalue weighted by molar-refractivity contribution is 0.353. The molecule has 1 aromatic heterocycles. The van der Waals surface area contributed by atoms with Crippen molar-refractivity contribution in [1.82, 2.24) is 4.98 Å². The monoisotopic (exact) mass is 416 g/mol. The Labute approximate surface area is 145 Å². The molecule has 120 valence electrons. The van der Waals surface area contributed by atoms with Gasteiger partial charge in [0.2, 0.25) is 0 Å². The lowest BCUT2D eigenvalue weighted by Gasteiger charge is -2.18. The predicted molar refractivity (Wildman–Crippen MR) is 92.2 cm³/mol. The zero-order chi connectivity index (χ0) is 16.6. The predicted octanol–water partition coefficient (Wildman–Crippen LogP) is 2.97. The van der Waals surface area contributed by atoms with Crippen molar-refractivity contribution in [3.8, 4) is 5.75 Å². The second kappa shape index (κ2) is 6.03. The highest BCUT2D eigenvalue weighted by Crippen LogP contribution is 2.30. The van der Waals surface area contributed by atoms with E-state index in [2.05, 4.69) is 25.6 Å². The number of sulfonamides is 1. The van der Waals surface area contributed by atoms with Crippen LogP contribution in [0.1, 0.15) is 5.56 Å². The van der Waals surface area contributed by atoms with Crippen LogP contribution in [0, 0.1) is 0 Å². The molecule has 0 aliphatic carbocycles. The zero-order valence-electron chi connectivity index (χ0n) is 11.5. The highest BCUT2D eigenvalue weighted by molar-refractivity contribution is 9.10. The number of pyridine rings is 1. The van der Waals surface area contributed by atoms with Gasteiger partial charge in [-0.25, -0.2) is 8.42 Å². The van der Waals surface area contributed by atoms with Gasteiger partial charge >= 0.3 is 0 Å². The Hall–Kier alpha value is -1.77. The maximum Gasteiger partial charge on any atom is 0.273 e. The van der Waals surface area contributed by atoms with Gasteiger partial charge in [-0.2, -0.15) is 0 Å². The number of aromatic nitrogens is 1. The number of rotatable bonds is 3. The van der Waals surface area contributed by atoms with E-state index in [1.807, 2.05) is 0 Å². The normalized spacial score (nSPS) is 13.7. The summed E-state index contributed by atoms with van der Waals surface area (Å²) in [5.41, 5.74) is -0.0662. The molecule has 23 heavy (non-hydrogen) atoms. The first-order valence-electron chi connectivity index (χ1n) is 6.40. The average Bonchev–Trinajstić information content (AvgIpc) is 2.49. The average molecular weight is 418 g/mol. The lowest BCUT2D eigenvalue weighted by Crippen LogP contribution is -2.25. The molecule has 0 spiro atoms. The number of anilines is 1. The summed E-state index contributed by atoms with van der Waals surface area (Å²) in [6, 6.07) is 7.84. The van der Waals surface area contributed by atoms with Crippen LogP contribution in [0.25, 0.3) is 6.08 Å². The summed E-state index contributed by atoms with van der Waals surface area (Å²) >= 11 is 9.00. The van der Waals surface area contributed by atoms with Crippen molar-refractivity contribution in [2.45, 2.75) is 0 Å². The Kier molecular flexibility index (Phi) is 4.22. The number of nitrogens with one attached hydrogen (secondary N) is 2. The van der Waals surface area contributed by atoms with Crippen molar-refractivity contribution in [3.05, 3.63) is 60.8 Å². The summed E-state index contributed by atoms with van der Waals surface area (Å²) < 4.78 is 33.0. The molecule has 1 aromatic carbocycles. The molecule has 1 aliphatic heterocycles. The Morgan fingerprint density at radius 3 is 2.78 bits per heavy atom. The van der Waals surface area contributed by atoms with Crippen LogP contribution in [0.4, 0.5) is 5.69 Å². The van der Waals surface area contributed by atoms with Crippen LogP contribution in [0.15, 0.2) is 44.6 Å². The Morgan fingerprint density at radius 2 is 2.04 bits per heavy atom. The molecule has 0 atom stereocenters. The summed E-state index contributed by atoms with van der Waals surface area (Å²) in [6.07, 6.45) is 1.47. The van der Waals surface area contributed by atoms with Gasteiger partial charge in [0.15, 0.2) is 0 Å². The molecule has 1 aliphatic rings. The molecule has 0 saturated carbocycles. The highest BCUT2D eigenvalue weighted by Gasteiger charge is 2.24. The van der Waals surface area contributed by atoms with E-state index in [1.54, 1.807) is 18.2 Å². The van der Waals surface area contributed by atoms with Crippen LogP contribution in [0.5, 0.6) is 5.75 Å². The molecule has 0 bridgehead atoms. The van der Waals surface area contributed by atoms with E-state index in [0.29, 0.717) is 20.9 Å². The number of benzene rings is 1. The fraction of sp³-hybridized carbons (Fsp3) is 0.0714. The number of fused-ring (bicyclic) bond motifs is 1. The van der Waals surface area contributed by atoms with Crippen molar-refractivity contribution in [1.29, 1.82) is 0 Å². The topological polar surface area (TPSA) is 88.3 Å². The van der Waals surface area contributed by atoms with Crippen LogP contribution in [-0.2, 0) is 10.0 Å². The molecule has 0 unspecified atom stereocenters. The molecule has 0 saturated heterocycles. The van der Waals surface area contributed by atoms with Gasteiger partial charge in [-0.05, 0) is 52.3 Å². The number of halogens is 2. The third kappa shape index (κ3) is 3.44. The fourth-order valence-corrected chi connectivity index (χ4v) is 3.59. The van der Waals surface area contributed by atoms with E-state index in [1.165, 1.54) is 18.2 Å². The fourth-order valence-electron chi connectivity index (χ4n) is 2.02. The van der Waals surface area contributed by atoms with Crippen molar-refractivity contribution < 1.29 is 13.2 Å². The maximum absolute atomic E-state index is 12.4. The second-order valence-electron chi connectivity index (χ2n) is 4.74. The van der Waals surface area contributed by atoms with Crippen LogP contribution in [0.2, 0.25) is 5.02 Å². The van der Waals surface area contributed by atoms with Crippen molar-refractivity contribution >= 4 is 49.3 Å². The third-order valence-electron chi connectivity index (χ3n) is 3.12. The number of hydrogen-bond acceptors (Lipinski definition) is 4. The zero-order valence-corrected chi connectivity index (χ0v) is 14.6. The van der Waals surface area contributed by atoms with E-state index >= 15 is 0 Å². The third-order valence-corrected chi connectivity index (χ3v) is 5.23. The number of H-pyrrole nitrogens is 1. The van der Waals surface area contributed by atoms with E-state index < -0.39 is 15.6 Å². The lowest BCUT2D eigenvalue weighted by atomic mass is 10.1. The van der Waals surface area contributed by atoms with Crippen LogP contribution in [0.3, 0.4) is 0 Å². The van der Waals surface area contributed by atoms with Gasteiger partial charge in [-0.15, -0.1) is 0 Å². The summed E-state index contributed by atoms with van der Waals surface area (Å²) in [5.74, 6) is 0.551. The minimum atomic E-state index is -3.92. The first-order valence-corrected chi connectivity index (χ1v) is 9.05. The van der Waals surface area contributed by atoms with Gasteiger partial charge in [-0.1, -0.05) is 11.6 Å². The van der Waals surface area contributed by atoms with E-state index in [0.717, 1.165) is 0 Å². The van der Waals surface area contributed by atoms with E-state index in [-0.39, 0.29) is 17.2 Å². The molecule has 0 fully saturated rings. The molecule has 3 rings (SSSR count). The van der Waals surface area contributed by atoms with Crippen LogP contribution < -0.4 is 15.0 Å². The summed E-state index contributed by atoms with van der Waals surface area (Å²) in [5, 5.41) is 0.472.